The molecule has 0 amide bonds. The lowest BCUT2D eigenvalue weighted by atomic mass is 10.1. The van der Waals surface area contributed by atoms with Gasteiger partial charge in [-0.2, -0.15) is 5.26 Å². The van der Waals surface area contributed by atoms with Crippen LogP contribution in [-0.4, -0.2) is 7.05 Å². The number of hydrogen-bond acceptors (Lipinski definition) is 2. The van der Waals surface area contributed by atoms with Crippen molar-refractivity contribution in [1.82, 2.24) is 5.32 Å². The van der Waals surface area contributed by atoms with Crippen molar-refractivity contribution in [3.05, 3.63) is 34.9 Å². The zero-order chi connectivity index (χ0) is 8.97. The summed E-state index contributed by atoms with van der Waals surface area (Å²) >= 11 is 5.89. The molecule has 3 heteroatoms. The number of hydrogen-bond donors (Lipinski definition) is 1. The lowest BCUT2D eigenvalue weighted by Gasteiger charge is -2.08. The van der Waals surface area contributed by atoms with E-state index in [0.717, 1.165) is 5.56 Å². The molecular weight excluding hydrogens is 172 g/mol. The van der Waals surface area contributed by atoms with Crippen LogP contribution < -0.4 is 5.32 Å². The first-order chi connectivity index (χ1) is 5.79. The van der Waals surface area contributed by atoms with Crippen LogP contribution in [0.2, 0.25) is 5.02 Å². The van der Waals surface area contributed by atoms with Crippen LogP contribution in [0.5, 0.6) is 0 Å². The van der Waals surface area contributed by atoms with Gasteiger partial charge in [0.15, 0.2) is 0 Å². The predicted octanol–water partition coefficient (Wildman–Crippen LogP) is 2.12. The van der Waals surface area contributed by atoms with Gasteiger partial charge >= 0.3 is 0 Å². The summed E-state index contributed by atoms with van der Waals surface area (Å²) in [5.41, 5.74) is 0.823. The molecule has 2 nitrogen and oxygen atoms in total. The molecule has 0 aromatic heterocycles. The number of rotatable bonds is 2. The molecule has 0 fully saturated rings. The summed E-state index contributed by atoms with van der Waals surface area (Å²) in [6, 6.07) is 9.12. The zero-order valence-electron chi connectivity index (χ0n) is 6.71. The standard InChI is InChI=1S/C9H9ClN2/c1-12-9(6-11)7-4-2-3-5-8(7)10/h2-5,9,12H,1H3. The van der Waals surface area contributed by atoms with Crippen molar-refractivity contribution in [2.24, 2.45) is 0 Å². The van der Waals surface area contributed by atoms with Gasteiger partial charge < -0.3 is 5.32 Å². The molecule has 0 saturated heterocycles. The first-order valence-electron chi connectivity index (χ1n) is 3.61. The van der Waals surface area contributed by atoms with Crippen LogP contribution in [-0.2, 0) is 0 Å². The number of halogens is 1. The molecule has 0 aliphatic rings. The predicted molar refractivity (Wildman–Crippen MR) is 48.9 cm³/mol. The van der Waals surface area contributed by atoms with Crippen molar-refractivity contribution in [1.29, 1.82) is 5.26 Å². The van der Waals surface area contributed by atoms with Gasteiger partial charge in [-0.3, -0.25) is 0 Å². The van der Waals surface area contributed by atoms with Crippen LogP contribution in [0.3, 0.4) is 0 Å². The third-order valence-electron chi connectivity index (χ3n) is 1.63. The van der Waals surface area contributed by atoms with Gasteiger partial charge in [0.25, 0.3) is 0 Å². The molecule has 0 heterocycles. The maximum absolute atomic E-state index is 8.73. The van der Waals surface area contributed by atoms with Gasteiger partial charge in [0.05, 0.1) is 6.07 Å². The summed E-state index contributed by atoms with van der Waals surface area (Å²) in [6.45, 7) is 0. The molecule has 1 atom stereocenters. The van der Waals surface area contributed by atoms with Gasteiger partial charge in [-0.05, 0) is 13.1 Å². The van der Waals surface area contributed by atoms with E-state index in [-0.39, 0.29) is 6.04 Å². The quantitative estimate of drug-likeness (QED) is 0.757. The number of nitriles is 1. The Balaban J connectivity index is 3.02. The highest BCUT2D eigenvalue weighted by Gasteiger charge is 2.09. The number of benzene rings is 1. The number of nitrogens with zero attached hydrogens (tertiary/aromatic N) is 1. The molecular formula is C9H9ClN2. The van der Waals surface area contributed by atoms with Gasteiger partial charge in [0.2, 0.25) is 0 Å². The second-order valence-electron chi connectivity index (χ2n) is 2.37. The first-order valence-corrected chi connectivity index (χ1v) is 3.98. The largest absolute Gasteiger partial charge is 0.301 e. The van der Waals surface area contributed by atoms with Crippen LogP contribution in [0, 0.1) is 11.3 Å². The Morgan fingerprint density at radius 1 is 1.50 bits per heavy atom. The van der Waals surface area contributed by atoms with E-state index in [1.165, 1.54) is 0 Å². The topological polar surface area (TPSA) is 35.8 Å². The Hall–Kier alpha value is -1.04. The second kappa shape index (κ2) is 4.10. The second-order valence-corrected chi connectivity index (χ2v) is 2.78. The van der Waals surface area contributed by atoms with Crippen LogP contribution in [0.4, 0.5) is 0 Å². The molecule has 1 unspecified atom stereocenters. The van der Waals surface area contributed by atoms with Crippen LogP contribution in [0.1, 0.15) is 11.6 Å². The van der Waals surface area contributed by atoms with Crippen molar-refractivity contribution in [2.75, 3.05) is 7.05 Å². The summed E-state index contributed by atoms with van der Waals surface area (Å²) in [5, 5.41) is 12.2. The van der Waals surface area contributed by atoms with Gasteiger partial charge in [-0.15, -0.1) is 0 Å². The highest BCUT2D eigenvalue weighted by Crippen LogP contribution is 2.21. The van der Waals surface area contributed by atoms with Crippen molar-refractivity contribution in [3.63, 3.8) is 0 Å². The Kier molecular flexibility index (Phi) is 3.09. The average Bonchev–Trinajstić information content (AvgIpc) is 2.10. The smallest absolute Gasteiger partial charge is 0.122 e. The highest BCUT2D eigenvalue weighted by atomic mass is 35.5. The van der Waals surface area contributed by atoms with E-state index >= 15 is 0 Å². The Bertz CT molecular complexity index is 304. The molecule has 0 aliphatic carbocycles. The maximum Gasteiger partial charge on any atom is 0.122 e. The molecule has 0 aliphatic heterocycles. The average molecular weight is 181 g/mol. The van der Waals surface area contributed by atoms with Crippen LogP contribution >= 0.6 is 11.6 Å². The van der Waals surface area contributed by atoms with Crippen LogP contribution in [0.15, 0.2) is 24.3 Å². The minimum absolute atomic E-state index is 0.321. The molecule has 1 rings (SSSR count). The number of nitrogens with one attached hydrogen (secondary N) is 1. The summed E-state index contributed by atoms with van der Waals surface area (Å²) in [4.78, 5) is 0. The Labute approximate surface area is 76.8 Å². The normalized spacial score (nSPS) is 12.1. The van der Waals surface area contributed by atoms with E-state index in [0.29, 0.717) is 5.02 Å². The van der Waals surface area contributed by atoms with Crippen molar-refractivity contribution >= 4 is 11.6 Å². The van der Waals surface area contributed by atoms with E-state index in [4.69, 9.17) is 16.9 Å². The van der Waals surface area contributed by atoms with Crippen molar-refractivity contribution in [3.8, 4) is 6.07 Å². The zero-order valence-corrected chi connectivity index (χ0v) is 7.47. The molecule has 1 N–H and O–H groups in total. The fraction of sp³-hybridized carbons (Fsp3) is 0.222. The molecule has 1 aromatic rings. The molecule has 0 radical (unpaired) electrons. The summed E-state index contributed by atoms with van der Waals surface area (Å²) < 4.78 is 0. The molecule has 0 bridgehead atoms. The Morgan fingerprint density at radius 2 is 2.17 bits per heavy atom. The lowest BCUT2D eigenvalue weighted by Crippen LogP contribution is -2.14. The first kappa shape index (κ1) is 9.05. The third kappa shape index (κ3) is 1.76. The SMILES string of the molecule is CNC(C#N)c1ccccc1Cl. The minimum Gasteiger partial charge on any atom is -0.301 e. The fourth-order valence-electron chi connectivity index (χ4n) is 0.999. The van der Waals surface area contributed by atoms with E-state index < -0.39 is 0 Å². The van der Waals surface area contributed by atoms with Crippen molar-refractivity contribution in [2.45, 2.75) is 6.04 Å². The molecule has 1 aromatic carbocycles. The third-order valence-corrected chi connectivity index (χ3v) is 1.98. The molecule has 62 valence electrons. The summed E-state index contributed by atoms with van der Waals surface area (Å²) in [6.07, 6.45) is 0. The van der Waals surface area contributed by atoms with Gasteiger partial charge in [0.1, 0.15) is 6.04 Å². The molecule has 0 saturated carbocycles. The van der Waals surface area contributed by atoms with Crippen LogP contribution in [0.25, 0.3) is 0 Å². The lowest BCUT2D eigenvalue weighted by molar-refractivity contribution is 0.727. The van der Waals surface area contributed by atoms with E-state index in [1.807, 2.05) is 18.2 Å². The van der Waals surface area contributed by atoms with Gasteiger partial charge in [-0.1, -0.05) is 29.8 Å². The van der Waals surface area contributed by atoms with E-state index in [9.17, 15) is 0 Å². The van der Waals surface area contributed by atoms with Gasteiger partial charge in [0, 0.05) is 10.6 Å². The maximum atomic E-state index is 8.73. The molecule has 12 heavy (non-hydrogen) atoms. The summed E-state index contributed by atoms with van der Waals surface area (Å²) in [5.74, 6) is 0. The highest BCUT2D eigenvalue weighted by molar-refractivity contribution is 6.31. The molecule has 0 spiro atoms. The van der Waals surface area contributed by atoms with E-state index in [1.54, 1.807) is 13.1 Å². The van der Waals surface area contributed by atoms with Gasteiger partial charge in [-0.25, -0.2) is 0 Å². The fourth-order valence-corrected chi connectivity index (χ4v) is 1.24. The summed E-state index contributed by atoms with van der Waals surface area (Å²) in [7, 11) is 1.73. The van der Waals surface area contributed by atoms with E-state index in [2.05, 4.69) is 11.4 Å². The van der Waals surface area contributed by atoms with Crippen molar-refractivity contribution < 1.29 is 0 Å². The monoisotopic (exact) mass is 180 g/mol. The minimum atomic E-state index is -0.321. The Morgan fingerprint density at radius 3 is 2.67 bits per heavy atom.